The van der Waals surface area contributed by atoms with Gasteiger partial charge in [0, 0.05) is 35.3 Å². The summed E-state index contributed by atoms with van der Waals surface area (Å²) in [7, 11) is -0.957. The SMILES string of the molecule is CC.CC(C)N1CCC(N2CC(Oc3cccc(S(=O)C(C)C)c3)C2)CC1. The average molecular weight is 395 g/mol. The Bertz CT molecular complexity index is 592. The first-order valence-corrected chi connectivity index (χ1v) is 11.8. The molecule has 2 aliphatic heterocycles. The molecular weight excluding hydrogens is 356 g/mol. The van der Waals surface area contributed by atoms with Crippen LogP contribution in [-0.2, 0) is 10.8 Å². The molecule has 0 spiro atoms. The summed E-state index contributed by atoms with van der Waals surface area (Å²) in [6, 6.07) is 9.18. The lowest BCUT2D eigenvalue weighted by molar-refractivity contribution is -0.0290. The Labute approximate surface area is 168 Å². The summed E-state index contributed by atoms with van der Waals surface area (Å²) in [5, 5.41) is 0.131. The van der Waals surface area contributed by atoms with Gasteiger partial charge in [0.25, 0.3) is 0 Å². The van der Waals surface area contributed by atoms with Gasteiger partial charge in [-0.1, -0.05) is 33.8 Å². The fourth-order valence-corrected chi connectivity index (χ4v) is 4.74. The average Bonchev–Trinajstić information content (AvgIpc) is 2.65. The smallest absolute Gasteiger partial charge is 0.124 e. The zero-order chi connectivity index (χ0) is 20.0. The highest BCUT2D eigenvalue weighted by atomic mass is 32.2. The summed E-state index contributed by atoms with van der Waals surface area (Å²) in [5.41, 5.74) is 0. The molecule has 2 aliphatic rings. The fraction of sp³-hybridized carbons (Fsp3) is 0.727. The minimum atomic E-state index is -0.957. The van der Waals surface area contributed by atoms with Crippen LogP contribution in [0.15, 0.2) is 29.2 Å². The molecule has 0 aromatic heterocycles. The molecule has 2 heterocycles. The maximum absolute atomic E-state index is 12.2. The summed E-state index contributed by atoms with van der Waals surface area (Å²) in [5.74, 6) is 0.853. The first kappa shape index (κ1) is 22.4. The second-order valence-electron chi connectivity index (χ2n) is 7.88. The molecule has 0 radical (unpaired) electrons. The maximum atomic E-state index is 12.2. The van der Waals surface area contributed by atoms with Crippen LogP contribution in [0.4, 0.5) is 0 Å². The van der Waals surface area contributed by atoms with E-state index < -0.39 is 10.8 Å². The molecule has 0 bridgehead atoms. The van der Waals surface area contributed by atoms with Gasteiger partial charge >= 0.3 is 0 Å². The number of piperidine rings is 1. The number of rotatable bonds is 6. The van der Waals surface area contributed by atoms with Crippen molar-refractivity contribution >= 4 is 10.8 Å². The van der Waals surface area contributed by atoms with E-state index in [1.54, 1.807) is 0 Å². The third kappa shape index (κ3) is 6.03. The van der Waals surface area contributed by atoms with E-state index in [0.29, 0.717) is 6.04 Å². The van der Waals surface area contributed by atoms with E-state index in [2.05, 4.69) is 23.6 Å². The van der Waals surface area contributed by atoms with Gasteiger partial charge in [0.05, 0.1) is 10.8 Å². The fourth-order valence-electron chi connectivity index (χ4n) is 3.75. The molecule has 2 fully saturated rings. The predicted octanol–water partition coefficient (Wildman–Crippen LogP) is 4.16. The van der Waals surface area contributed by atoms with Crippen LogP contribution in [-0.4, -0.2) is 63.6 Å². The van der Waals surface area contributed by atoms with E-state index in [0.717, 1.165) is 29.8 Å². The largest absolute Gasteiger partial charge is 0.488 e. The van der Waals surface area contributed by atoms with Gasteiger partial charge in [-0.15, -0.1) is 0 Å². The van der Waals surface area contributed by atoms with Crippen molar-refractivity contribution in [2.45, 2.75) is 82.7 Å². The second kappa shape index (κ2) is 10.6. The molecular formula is C22H38N2O2S. The van der Waals surface area contributed by atoms with Gasteiger partial charge in [0.1, 0.15) is 11.9 Å². The minimum Gasteiger partial charge on any atom is -0.488 e. The Morgan fingerprint density at radius 1 is 1.07 bits per heavy atom. The number of hydrogen-bond acceptors (Lipinski definition) is 4. The van der Waals surface area contributed by atoms with E-state index >= 15 is 0 Å². The van der Waals surface area contributed by atoms with Crippen molar-refractivity contribution in [3.63, 3.8) is 0 Å². The molecule has 1 aromatic rings. The number of likely N-dealkylation sites (tertiary alicyclic amines) is 2. The second-order valence-corrected chi connectivity index (χ2v) is 9.88. The van der Waals surface area contributed by atoms with Crippen molar-refractivity contribution in [2.24, 2.45) is 0 Å². The van der Waals surface area contributed by atoms with Gasteiger partial charge in [-0.3, -0.25) is 9.11 Å². The van der Waals surface area contributed by atoms with Crippen LogP contribution in [0.25, 0.3) is 0 Å². The molecule has 2 saturated heterocycles. The monoisotopic (exact) mass is 394 g/mol. The van der Waals surface area contributed by atoms with E-state index in [4.69, 9.17) is 4.74 Å². The Balaban J connectivity index is 0.00000126. The van der Waals surface area contributed by atoms with Crippen LogP contribution in [0.1, 0.15) is 54.4 Å². The summed E-state index contributed by atoms with van der Waals surface area (Å²) < 4.78 is 18.4. The molecule has 0 saturated carbocycles. The molecule has 1 aromatic carbocycles. The highest BCUT2D eigenvalue weighted by Crippen LogP contribution is 2.26. The Kier molecular flexibility index (Phi) is 8.77. The lowest BCUT2D eigenvalue weighted by Gasteiger charge is -2.47. The Morgan fingerprint density at radius 2 is 1.70 bits per heavy atom. The highest BCUT2D eigenvalue weighted by Gasteiger charge is 2.35. The molecule has 0 amide bonds. The van der Waals surface area contributed by atoms with Gasteiger partial charge in [-0.2, -0.15) is 0 Å². The molecule has 0 aliphatic carbocycles. The third-order valence-electron chi connectivity index (χ3n) is 5.39. The topological polar surface area (TPSA) is 32.8 Å². The molecule has 27 heavy (non-hydrogen) atoms. The van der Waals surface area contributed by atoms with Gasteiger partial charge in [-0.25, -0.2) is 0 Å². The van der Waals surface area contributed by atoms with Gasteiger partial charge in [0.15, 0.2) is 0 Å². The van der Waals surface area contributed by atoms with Crippen molar-refractivity contribution in [2.75, 3.05) is 26.2 Å². The van der Waals surface area contributed by atoms with Crippen LogP contribution in [0.3, 0.4) is 0 Å². The van der Waals surface area contributed by atoms with E-state index in [1.165, 1.54) is 25.9 Å². The molecule has 1 atom stereocenters. The third-order valence-corrected chi connectivity index (χ3v) is 6.97. The number of nitrogens with zero attached hydrogens (tertiary/aromatic N) is 2. The van der Waals surface area contributed by atoms with Gasteiger partial charge in [0.2, 0.25) is 0 Å². The number of hydrogen-bond donors (Lipinski definition) is 0. The highest BCUT2D eigenvalue weighted by molar-refractivity contribution is 7.85. The first-order chi connectivity index (χ1) is 12.9. The van der Waals surface area contributed by atoms with Crippen LogP contribution in [0, 0.1) is 0 Å². The molecule has 1 unspecified atom stereocenters. The van der Waals surface area contributed by atoms with Crippen LogP contribution in [0.2, 0.25) is 0 Å². The van der Waals surface area contributed by atoms with Crippen molar-refractivity contribution in [1.82, 2.24) is 9.80 Å². The standard InChI is InChI=1S/C20H32N2O2S.C2H6/c1-15(2)21-10-8-17(9-11-21)22-13-19(14-22)24-18-6-5-7-20(12-18)25(23)16(3)4;1-2/h5-7,12,15-17,19H,8-11,13-14H2,1-4H3;1-2H3. The molecule has 4 nitrogen and oxygen atoms in total. The zero-order valence-corrected chi connectivity index (χ0v) is 18.8. The minimum absolute atomic E-state index is 0.131. The summed E-state index contributed by atoms with van der Waals surface area (Å²) >= 11 is 0. The summed E-state index contributed by atoms with van der Waals surface area (Å²) in [6.45, 7) is 17.0. The Hall–Kier alpha value is -0.910. The normalized spacial score (nSPS) is 20.9. The van der Waals surface area contributed by atoms with Gasteiger partial charge < -0.3 is 9.64 Å². The zero-order valence-electron chi connectivity index (χ0n) is 18.0. The van der Waals surface area contributed by atoms with E-state index in [9.17, 15) is 4.21 Å². The van der Waals surface area contributed by atoms with Crippen LogP contribution < -0.4 is 4.74 Å². The van der Waals surface area contributed by atoms with Gasteiger partial charge in [-0.05, 0) is 58.0 Å². The summed E-state index contributed by atoms with van der Waals surface area (Å²) in [4.78, 5) is 6.01. The van der Waals surface area contributed by atoms with Crippen molar-refractivity contribution in [1.29, 1.82) is 0 Å². The lowest BCUT2D eigenvalue weighted by atomic mass is 9.98. The quantitative estimate of drug-likeness (QED) is 0.725. The van der Waals surface area contributed by atoms with Crippen molar-refractivity contribution < 1.29 is 8.95 Å². The summed E-state index contributed by atoms with van der Waals surface area (Å²) in [6.07, 6.45) is 2.81. The number of ether oxygens (including phenoxy) is 1. The van der Waals surface area contributed by atoms with Crippen molar-refractivity contribution in [3.8, 4) is 5.75 Å². The molecule has 0 N–H and O–H groups in total. The molecule has 3 rings (SSSR count). The molecule has 154 valence electrons. The predicted molar refractivity (Wildman–Crippen MR) is 115 cm³/mol. The Morgan fingerprint density at radius 3 is 2.26 bits per heavy atom. The van der Waals surface area contributed by atoms with Crippen LogP contribution in [0.5, 0.6) is 5.75 Å². The maximum Gasteiger partial charge on any atom is 0.124 e. The van der Waals surface area contributed by atoms with E-state index in [1.807, 2.05) is 52.0 Å². The number of benzene rings is 1. The van der Waals surface area contributed by atoms with Crippen LogP contribution >= 0.6 is 0 Å². The van der Waals surface area contributed by atoms with Crippen molar-refractivity contribution in [3.05, 3.63) is 24.3 Å². The first-order valence-electron chi connectivity index (χ1n) is 10.6. The van der Waals surface area contributed by atoms with E-state index in [-0.39, 0.29) is 11.4 Å². The lowest BCUT2D eigenvalue weighted by Crippen LogP contribution is -2.60. The molecule has 5 heteroatoms.